The van der Waals surface area contributed by atoms with E-state index in [1.807, 2.05) is 20.8 Å². The third-order valence-electron chi connectivity index (χ3n) is 2.67. The highest BCUT2D eigenvalue weighted by molar-refractivity contribution is 4.77. The van der Waals surface area contributed by atoms with E-state index in [9.17, 15) is 5.11 Å². The van der Waals surface area contributed by atoms with E-state index in [0.717, 1.165) is 12.8 Å². The van der Waals surface area contributed by atoms with Gasteiger partial charge in [-0.1, -0.05) is 27.7 Å². The molecule has 3 atom stereocenters. The molecule has 0 saturated heterocycles. The Labute approximate surface area is 90.3 Å². The molecule has 2 nitrogen and oxygen atoms in total. The third kappa shape index (κ3) is 5.61. The minimum Gasteiger partial charge on any atom is -0.393 e. The fourth-order valence-electron chi connectivity index (χ4n) is 1.99. The average molecular weight is 203 g/mol. The highest BCUT2D eigenvalue weighted by Gasteiger charge is 2.23. The predicted molar refractivity (Wildman–Crippen MR) is 64.6 cm³/mol. The van der Waals surface area contributed by atoms with Gasteiger partial charge in [0.1, 0.15) is 0 Å². The molecule has 14 heavy (non-hydrogen) atoms. The Hall–Kier alpha value is -0.0800. The first-order chi connectivity index (χ1) is 6.54. The molecule has 0 saturated carbocycles. The number of hydrogen-bond acceptors (Lipinski definition) is 2. The molecule has 0 bridgehead atoms. The second kappa shape index (κ2) is 9.47. The first kappa shape index (κ1) is 16.4. The topological polar surface area (TPSA) is 23.5 Å². The molecular formula is C12H29NO. The van der Waals surface area contributed by atoms with Gasteiger partial charge in [-0.25, -0.2) is 0 Å². The number of nitrogens with zero attached hydrogens (tertiary/aromatic N) is 1. The van der Waals surface area contributed by atoms with Crippen LogP contribution in [-0.4, -0.2) is 36.2 Å². The van der Waals surface area contributed by atoms with Crippen molar-refractivity contribution in [2.24, 2.45) is 5.92 Å². The van der Waals surface area contributed by atoms with Crippen LogP contribution in [0.25, 0.3) is 0 Å². The summed E-state index contributed by atoms with van der Waals surface area (Å²) in [4.78, 5) is 2.21. The second-order valence-corrected chi connectivity index (χ2v) is 3.75. The van der Waals surface area contributed by atoms with E-state index >= 15 is 0 Å². The van der Waals surface area contributed by atoms with E-state index in [-0.39, 0.29) is 6.10 Å². The van der Waals surface area contributed by atoms with Gasteiger partial charge in [0.05, 0.1) is 6.10 Å². The first-order valence-electron chi connectivity index (χ1n) is 5.89. The summed E-state index contributed by atoms with van der Waals surface area (Å²) in [7, 11) is 4.17. The van der Waals surface area contributed by atoms with Crippen molar-refractivity contribution in [3.63, 3.8) is 0 Å². The van der Waals surface area contributed by atoms with Crippen molar-refractivity contribution in [2.45, 2.75) is 59.6 Å². The summed E-state index contributed by atoms with van der Waals surface area (Å²) in [5.74, 6) is 0.407. The molecule has 0 aromatic carbocycles. The van der Waals surface area contributed by atoms with Gasteiger partial charge in [-0.2, -0.15) is 0 Å². The Bertz CT molecular complexity index is 98.9. The Morgan fingerprint density at radius 1 is 1.07 bits per heavy atom. The molecule has 0 spiro atoms. The molecule has 0 rings (SSSR count). The van der Waals surface area contributed by atoms with Crippen molar-refractivity contribution >= 4 is 0 Å². The van der Waals surface area contributed by atoms with Crippen LogP contribution >= 0.6 is 0 Å². The second-order valence-electron chi connectivity index (χ2n) is 3.75. The summed E-state index contributed by atoms with van der Waals surface area (Å²) in [6.45, 7) is 10.2. The van der Waals surface area contributed by atoms with Crippen molar-refractivity contribution in [1.82, 2.24) is 4.90 Å². The van der Waals surface area contributed by atoms with Gasteiger partial charge in [-0.3, -0.25) is 0 Å². The lowest BCUT2D eigenvalue weighted by molar-refractivity contribution is 0.0624. The minimum absolute atomic E-state index is 0.192. The molecule has 1 N–H and O–H groups in total. The zero-order valence-electron chi connectivity index (χ0n) is 11.0. The van der Waals surface area contributed by atoms with E-state index in [4.69, 9.17) is 0 Å². The fraction of sp³-hybridized carbons (Fsp3) is 1.00. The van der Waals surface area contributed by atoms with Crippen LogP contribution in [0.4, 0.5) is 0 Å². The standard InChI is InChI=1S/C10H23NO.C2H6/c1-6-9(8(3)12)10(7-2)11(4)5;1-2/h8-10,12H,6-7H2,1-5H3;1-2H3. The van der Waals surface area contributed by atoms with E-state index in [0.29, 0.717) is 12.0 Å². The van der Waals surface area contributed by atoms with E-state index in [1.165, 1.54) is 0 Å². The molecule has 3 unspecified atom stereocenters. The molecule has 0 heterocycles. The van der Waals surface area contributed by atoms with Crippen LogP contribution in [0.15, 0.2) is 0 Å². The predicted octanol–water partition coefficient (Wildman–Crippen LogP) is 2.76. The van der Waals surface area contributed by atoms with Crippen LogP contribution in [0.5, 0.6) is 0 Å². The van der Waals surface area contributed by atoms with Crippen LogP contribution in [0.3, 0.4) is 0 Å². The van der Waals surface area contributed by atoms with E-state index < -0.39 is 0 Å². The molecule has 0 amide bonds. The van der Waals surface area contributed by atoms with Crippen molar-refractivity contribution in [2.75, 3.05) is 14.1 Å². The SMILES string of the molecule is CC.CCC(C(C)O)C(CC)N(C)C. The average Bonchev–Trinajstić information content (AvgIpc) is 2.15. The number of aliphatic hydroxyl groups is 1. The van der Waals surface area contributed by atoms with E-state index in [2.05, 4.69) is 32.8 Å². The molecule has 0 fully saturated rings. The first-order valence-corrected chi connectivity index (χ1v) is 5.89. The molecule has 0 aliphatic rings. The number of hydrogen-bond donors (Lipinski definition) is 1. The third-order valence-corrected chi connectivity index (χ3v) is 2.67. The van der Waals surface area contributed by atoms with Crippen LogP contribution in [0, 0.1) is 5.92 Å². The maximum Gasteiger partial charge on any atom is 0.0555 e. The summed E-state index contributed by atoms with van der Waals surface area (Å²) >= 11 is 0. The van der Waals surface area contributed by atoms with Gasteiger partial charge in [0, 0.05) is 6.04 Å². The fourth-order valence-corrected chi connectivity index (χ4v) is 1.99. The van der Waals surface area contributed by atoms with Crippen molar-refractivity contribution in [1.29, 1.82) is 0 Å². The maximum atomic E-state index is 9.54. The lowest BCUT2D eigenvalue weighted by atomic mass is 9.89. The van der Waals surface area contributed by atoms with Crippen molar-refractivity contribution < 1.29 is 5.11 Å². The Kier molecular flexibility index (Phi) is 11.1. The highest BCUT2D eigenvalue weighted by Crippen LogP contribution is 2.19. The summed E-state index contributed by atoms with van der Waals surface area (Å²) in [6, 6.07) is 0.509. The smallest absolute Gasteiger partial charge is 0.0555 e. The number of aliphatic hydroxyl groups excluding tert-OH is 1. The van der Waals surface area contributed by atoms with Gasteiger partial charge in [0.25, 0.3) is 0 Å². The molecule has 0 aromatic heterocycles. The molecule has 88 valence electrons. The monoisotopic (exact) mass is 203 g/mol. The minimum atomic E-state index is -0.192. The van der Waals surface area contributed by atoms with Crippen LogP contribution in [0.2, 0.25) is 0 Å². The van der Waals surface area contributed by atoms with Gasteiger partial charge >= 0.3 is 0 Å². The molecule has 0 aliphatic heterocycles. The largest absolute Gasteiger partial charge is 0.393 e. The lowest BCUT2D eigenvalue weighted by Crippen LogP contribution is -2.39. The number of rotatable bonds is 5. The normalized spacial score (nSPS) is 16.9. The summed E-state index contributed by atoms with van der Waals surface area (Å²) < 4.78 is 0. The zero-order valence-corrected chi connectivity index (χ0v) is 11.0. The summed E-state index contributed by atoms with van der Waals surface area (Å²) in [5.41, 5.74) is 0. The van der Waals surface area contributed by atoms with Gasteiger partial charge in [-0.15, -0.1) is 0 Å². The van der Waals surface area contributed by atoms with Gasteiger partial charge in [0.2, 0.25) is 0 Å². The summed E-state index contributed by atoms with van der Waals surface area (Å²) in [5, 5.41) is 9.54. The lowest BCUT2D eigenvalue weighted by Gasteiger charge is -2.32. The van der Waals surface area contributed by atoms with Crippen LogP contribution < -0.4 is 0 Å². The maximum absolute atomic E-state index is 9.54. The van der Waals surface area contributed by atoms with Crippen LogP contribution in [-0.2, 0) is 0 Å². The summed E-state index contributed by atoms with van der Waals surface area (Å²) in [6.07, 6.45) is 1.97. The molecule has 0 aliphatic carbocycles. The van der Waals surface area contributed by atoms with Crippen molar-refractivity contribution in [3.05, 3.63) is 0 Å². The van der Waals surface area contributed by atoms with Crippen molar-refractivity contribution in [3.8, 4) is 0 Å². The Morgan fingerprint density at radius 3 is 1.57 bits per heavy atom. The molecule has 0 radical (unpaired) electrons. The molecular weight excluding hydrogens is 174 g/mol. The Morgan fingerprint density at radius 2 is 1.50 bits per heavy atom. The van der Waals surface area contributed by atoms with Gasteiger partial charge in [-0.05, 0) is 39.8 Å². The van der Waals surface area contributed by atoms with Crippen LogP contribution in [0.1, 0.15) is 47.5 Å². The molecule has 2 heteroatoms. The highest BCUT2D eigenvalue weighted by atomic mass is 16.3. The van der Waals surface area contributed by atoms with E-state index in [1.54, 1.807) is 0 Å². The quantitative estimate of drug-likeness (QED) is 0.742. The Balaban J connectivity index is 0. The van der Waals surface area contributed by atoms with Gasteiger partial charge in [0.15, 0.2) is 0 Å². The van der Waals surface area contributed by atoms with Gasteiger partial charge < -0.3 is 10.0 Å². The molecule has 0 aromatic rings. The zero-order chi connectivity index (χ0) is 11.7.